The topological polar surface area (TPSA) is 91.0 Å². The maximum atomic E-state index is 13.2. The van der Waals surface area contributed by atoms with Gasteiger partial charge in [0.15, 0.2) is 0 Å². The van der Waals surface area contributed by atoms with Crippen LogP contribution in [0.4, 0.5) is 20.6 Å². The highest BCUT2D eigenvalue weighted by molar-refractivity contribution is 7.92. The fourth-order valence-electron chi connectivity index (χ4n) is 4.76. The van der Waals surface area contributed by atoms with E-state index in [2.05, 4.69) is 21.9 Å². The number of sulfonamides is 1. The Hall–Kier alpha value is -3.34. The first-order valence-electron chi connectivity index (χ1n) is 13.6. The number of nitrogens with zero attached hydrogens (tertiary/aromatic N) is 2. The van der Waals surface area contributed by atoms with Gasteiger partial charge in [-0.05, 0) is 85.5 Å². The minimum atomic E-state index is -3.32. The number of urea groups is 1. The number of rotatable bonds is 11. The summed E-state index contributed by atoms with van der Waals surface area (Å²) in [5.41, 5.74) is 2.25. The van der Waals surface area contributed by atoms with E-state index in [9.17, 15) is 17.6 Å². The van der Waals surface area contributed by atoms with Gasteiger partial charge >= 0.3 is 6.03 Å². The number of ether oxygens (including phenoxy) is 1. The quantitative estimate of drug-likeness (QED) is 0.254. The number of amides is 2. The molecule has 1 aliphatic heterocycles. The van der Waals surface area contributed by atoms with E-state index in [1.165, 1.54) is 17.7 Å². The van der Waals surface area contributed by atoms with E-state index in [1.807, 2.05) is 29.2 Å². The molecule has 3 aromatic carbocycles. The Morgan fingerprint density at radius 1 is 0.951 bits per heavy atom. The van der Waals surface area contributed by atoms with Crippen LogP contribution in [0.5, 0.6) is 11.5 Å². The van der Waals surface area contributed by atoms with Crippen molar-refractivity contribution in [3.63, 3.8) is 0 Å². The van der Waals surface area contributed by atoms with E-state index in [0.717, 1.165) is 51.6 Å². The fourth-order valence-corrected chi connectivity index (χ4v) is 5.32. The Bertz CT molecular complexity index is 1350. The number of unbranched alkanes of at least 4 members (excludes halogenated alkanes) is 1. The van der Waals surface area contributed by atoms with Gasteiger partial charge < -0.3 is 15.0 Å². The van der Waals surface area contributed by atoms with Gasteiger partial charge in [-0.25, -0.2) is 17.6 Å². The average molecular weight is 605 g/mol. The van der Waals surface area contributed by atoms with Gasteiger partial charge in [-0.1, -0.05) is 25.5 Å². The SMILES string of the molecule is CCCCN(C(=O)Nc1ccc(F)cc1)C1CCN(Cc2ccc(Oc3ccc(NS(C)(=O)=O)cc3)cc2)CC1.Cl. The molecule has 8 nitrogen and oxygen atoms in total. The number of benzene rings is 3. The molecule has 3 aromatic rings. The van der Waals surface area contributed by atoms with Gasteiger partial charge in [0, 0.05) is 43.6 Å². The normalized spacial score (nSPS) is 14.1. The zero-order valence-corrected chi connectivity index (χ0v) is 25.0. The molecule has 0 saturated carbocycles. The molecular weight excluding hydrogens is 567 g/mol. The van der Waals surface area contributed by atoms with Crippen molar-refractivity contribution in [1.29, 1.82) is 0 Å². The van der Waals surface area contributed by atoms with Crippen LogP contribution in [0.15, 0.2) is 72.8 Å². The second kappa shape index (κ2) is 15.0. The lowest BCUT2D eigenvalue weighted by atomic mass is 10.0. The number of carbonyl (C=O) groups excluding carboxylic acids is 1. The summed E-state index contributed by atoms with van der Waals surface area (Å²) >= 11 is 0. The maximum Gasteiger partial charge on any atom is 0.322 e. The highest BCUT2D eigenvalue weighted by Gasteiger charge is 2.27. The molecule has 2 amide bonds. The van der Waals surface area contributed by atoms with Crippen LogP contribution in [0, 0.1) is 5.82 Å². The van der Waals surface area contributed by atoms with Crippen LogP contribution >= 0.6 is 12.4 Å². The van der Waals surface area contributed by atoms with E-state index in [1.54, 1.807) is 36.4 Å². The van der Waals surface area contributed by atoms with Gasteiger partial charge in [-0.2, -0.15) is 0 Å². The van der Waals surface area contributed by atoms with Crippen molar-refractivity contribution in [1.82, 2.24) is 9.80 Å². The van der Waals surface area contributed by atoms with Crippen molar-refractivity contribution >= 4 is 39.8 Å². The lowest BCUT2D eigenvalue weighted by Gasteiger charge is -2.38. The third-order valence-electron chi connectivity index (χ3n) is 6.83. The Labute approximate surface area is 248 Å². The molecule has 2 N–H and O–H groups in total. The molecule has 1 aliphatic rings. The minimum absolute atomic E-state index is 0. The van der Waals surface area contributed by atoms with Gasteiger partial charge in [-0.3, -0.25) is 9.62 Å². The van der Waals surface area contributed by atoms with Crippen LogP contribution in [-0.4, -0.2) is 56.2 Å². The van der Waals surface area contributed by atoms with Crippen molar-refractivity contribution in [2.45, 2.75) is 45.2 Å². The standard InChI is InChI=1S/C30H37FN4O4S.ClH/c1-3-4-19-35(30(36)32-25-9-7-24(31)8-10-25)27-17-20-34(21-18-27)22-23-5-13-28(14-6-23)39-29-15-11-26(12-16-29)33-40(2,37)38;/h5-16,27,33H,3-4,17-22H2,1-2H3,(H,32,36);1H. The zero-order valence-electron chi connectivity index (χ0n) is 23.4. The van der Waals surface area contributed by atoms with Crippen molar-refractivity contribution < 1.29 is 22.3 Å². The monoisotopic (exact) mass is 604 g/mol. The molecule has 1 fully saturated rings. The highest BCUT2D eigenvalue weighted by Crippen LogP contribution is 2.25. The smallest absolute Gasteiger partial charge is 0.322 e. The summed E-state index contributed by atoms with van der Waals surface area (Å²) in [6.45, 7) is 5.42. The van der Waals surface area contributed by atoms with Crippen LogP contribution < -0.4 is 14.8 Å². The van der Waals surface area contributed by atoms with Gasteiger partial charge in [0.2, 0.25) is 10.0 Å². The van der Waals surface area contributed by atoms with Gasteiger partial charge in [0.25, 0.3) is 0 Å². The molecule has 0 unspecified atom stereocenters. The summed E-state index contributed by atoms with van der Waals surface area (Å²) in [5.74, 6) is 0.987. The van der Waals surface area contributed by atoms with E-state index < -0.39 is 10.0 Å². The average Bonchev–Trinajstić information content (AvgIpc) is 2.92. The number of likely N-dealkylation sites (tertiary alicyclic amines) is 1. The molecule has 0 aromatic heterocycles. The number of hydrogen-bond acceptors (Lipinski definition) is 5. The molecule has 1 saturated heterocycles. The first-order valence-corrected chi connectivity index (χ1v) is 15.5. The molecule has 222 valence electrons. The summed E-state index contributed by atoms with van der Waals surface area (Å²) in [4.78, 5) is 17.4. The molecule has 0 spiro atoms. The van der Waals surface area contributed by atoms with E-state index in [4.69, 9.17) is 4.74 Å². The minimum Gasteiger partial charge on any atom is -0.457 e. The van der Waals surface area contributed by atoms with Crippen LogP contribution in [-0.2, 0) is 16.6 Å². The zero-order chi connectivity index (χ0) is 28.5. The predicted octanol–water partition coefficient (Wildman–Crippen LogP) is 6.71. The van der Waals surface area contributed by atoms with Crippen molar-refractivity contribution in [3.8, 4) is 11.5 Å². The number of hydrogen-bond donors (Lipinski definition) is 2. The highest BCUT2D eigenvalue weighted by atomic mass is 35.5. The van der Waals surface area contributed by atoms with E-state index in [-0.39, 0.29) is 30.3 Å². The number of carbonyl (C=O) groups is 1. The Kier molecular flexibility index (Phi) is 11.8. The molecule has 41 heavy (non-hydrogen) atoms. The molecule has 0 radical (unpaired) electrons. The molecule has 0 bridgehead atoms. The van der Waals surface area contributed by atoms with Crippen molar-refractivity contribution in [2.24, 2.45) is 0 Å². The summed E-state index contributed by atoms with van der Waals surface area (Å²) in [6.07, 6.45) is 4.84. The largest absolute Gasteiger partial charge is 0.457 e. The lowest BCUT2D eigenvalue weighted by molar-refractivity contribution is 0.122. The summed E-state index contributed by atoms with van der Waals surface area (Å²) in [6, 6.07) is 20.6. The van der Waals surface area contributed by atoms with Gasteiger partial charge in [0.1, 0.15) is 17.3 Å². The summed E-state index contributed by atoms with van der Waals surface area (Å²) in [7, 11) is -3.32. The molecule has 11 heteroatoms. The first kappa shape index (κ1) is 32.2. The number of nitrogens with one attached hydrogen (secondary N) is 2. The van der Waals surface area contributed by atoms with Crippen LogP contribution in [0.25, 0.3) is 0 Å². The number of piperidine rings is 1. The third kappa shape index (κ3) is 10.2. The number of anilines is 2. The molecule has 0 aliphatic carbocycles. The second-order valence-electron chi connectivity index (χ2n) is 10.1. The summed E-state index contributed by atoms with van der Waals surface area (Å²) < 4.78 is 44.3. The van der Waals surface area contributed by atoms with Gasteiger partial charge in [0.05, 0.1) is 6.26 Å². The van der Waals surface area contributed by atoms with Crippen molar-refractivity contribution in [3.05, 3.63) is 84.2 Å². The summed E-state index contributed by atoms with van der Waals surface area (Å²) in [5, 5.41) is 2.93. The van der Waals surface area contributed by atoms with Gasteiger partial charge in [-0.15, -0.1) is 12.4 Å². The third-order valence-corrected chi connectivity index (χ3v) is 7.44. The first-order chi connectivity index (χ1) is 19.2. The van der Waals surface area contributed by atoms with E-state index in [0.29, 0.717) is 29.4 Å². The Balaban J connectivity index is 0.00000462. The predicted molar refractivity (Wildman–Crippen MR) is 164 cm³/mol. The second-order valence-corrected chi connectivity index (χ2v) is 11.9. The van der Waals surface area contributed by atoms with Crippen LogP contribution in [0.3, 0.4) is 0 Å². The molecule has 4 rings (SSSR count). The Morgan fingerprint density at radius 3 is 2.07 bits per heavy atom. The molecule has 0 atom stereocenters. The fraction of sp³-hybridized carbons (Fsp3) is 0.367. The van der Waals surface area contributed by atoms with E-state index >= 15 is 0 Å². The maximum absolute atomic E-state index is 13.2. The number of halogens is 2. The lowest BCUT2D eigenvalue weighted by Crippen LogP contribution is -2.49. The Morgan fingerprint density at radius 2 is 1.51 bits per heavy atom. The molecular formula is C30H38ClFN4O4S. The molecule has 1 heterocycles. The van der Waals surface area contributed by atoms with Crippen LogP contribution in [0.1, 0.15) is 38.2 Å². The van der Waals surface area contributed by atoms with Crippen LogP contribution in [0.2, 0.25) is 0 Å². The van der Waals surface area contributed by atoms with Crippen molar-refractivity contribution in [2.75, 3.05) is 35.9 Å².